The number of carbonyl (C=O) groups is 1. The average molecular weight is 413 g/mol. The van der Waals surface area contributed by atoms with E-state index >= 15 is 0 Å². The molecule has 1 heterocycles. The minimum absolute atomic E-state index is 0.000836. The number of nitrogens with zero attached hydrogens (tertiary/aromatic N) is 2. The van der Waals surface area contributed by atoms with Gasteiger partial charge in [0.2, 0.25) is 5.78 Å². The maximum absolute atomic E-state index is 13.5. The van der Waals surface area contributed by atoms with Crippen LogP contribution in [-0.2, 0) is 0 Å². The largest absolute Gasteiger partial charge is 0.342 e. The molecule has 0 aliphatic rings. The third-order valence-electron chi connectivity index (χ3n) is 3.41. The van der Waals surface area contributed by atoms with Crippen LogP contribution in [0, 0.1) is 22.9 Å². The van der Waals surface area contributed by atoms with Crippen LogP contribution in [0.1, 0.15) is 21.7 Å². The Morgan fingerprint density at radius 3 is 2.79 bits per heavy atom. The van der Waals surface area contributed by atoms with Crippen LogP contribution in [-0.4, -0.2) is 20.7 Å². The van der Waals surface area contributed by atoms with E-state index in [9.17, 15) is 19.3 Å². The summed E-state index contributed by atoms with van der Waals surface area (Å²) in [5.74, 6) is -0.896. The topological polar surface area (TPSA) is 88.9 Å². The van der Waals surface area contributed by atoms with Crippen molar-refractivity contribution in [3.63, 3.8) is 0 Å². The van der Waals surface area contributed by atoms with Crippen molar-refractivity contribution >= 4 is 50.0 Å². The first-order valence-electron chi connectivity index (χ1n) is 6.62. The van der Waals surface area contributed by atoms with Crippen molar-refractivity contribution in [3.8, 4) is 0 Å². The molecule has 1 N–H and O–H groups in total. The van der Waals surface area contributed by atoms with Crippen molar-refractivity contribution in [3.05, 3.63) is 66.6 Å². The molecule has 0 saturated carbocycles. The number of imidazole rings is 1. The maximum Gasteiger partial charge on any atom is 0.283 e. The molecule has 0 aliphatic carbocycles. The molecule has 1 aromatic heterocycles. The van der Waals surface area contributed by atoms with Gasteiger partial charge in [-0.25, -0.2) is 9.37 Å². The van der Waals surface area contributed by atoms with Gasteiger partial charge in [0.1, 0.15) is 22.7 Å². The van der Waals surface area contributed by atoms with Gasteiger partial charge >= 0.3 is 0 Å². The Balaban J connectivity index is 2.33. The Morgan fingerprint density at radius 1 is 1.42 bits per heavy atom. The van der Waals surface area contributed by atoms with Crippen LogP contribution in [0.3, 0.4) is 0 Å². The molecule has 0 bridgehead atoms. The molecule has 6 nitrogen and oxygen atoms in total. The maximum atomic E-state index is 13.5. The molecule has 0 fully saturated rings. The third kappa shape index (κ3) is 2.67. The van der Waals surface area contributed by atoms with Gasteiger partial charge in [-0.05, 0) is 41.1 Å². The van der Waals surface area contributed by atoms with Crippen molar-refractivity contribution in [2.75, 3.05) is 0 Å². The van der Waals surface area contributed by atoms with Crippen molar-refractivity contribution in [2.45, 2.75) is 6.92 Å². The number of H-pyrrole nitrogens is 1. The monoisotopic (exact) mass is 411 g/mol. The number of aryl methyl sites for hydroxylation is 1. The Hall–Kier alpha value is -2.32. The normalized spacial score (nSPS) is 11.0. The molecule has 0 amide bonds. The second kappa shape index (κ2) is 5.95. The standard InChI is InChI=1S/C15H8BrClFN3O3/c1-6-19-10-5-11(21(23)24)12(13(16)14(10)20-6)15(22)8-4-7(18)2-3-9(8)17/h2-5H,1H3,(H,19,20). The summed E-state index contributed by atoms with van der Waals surface area (Å²) in [7, 11) is 0. The fourth-order valence-electron chi connectivity index (χ4n) is 2.39. The van der Waals surface area contributed by atoms with E-state index in [0.717, 1.165) is 12.1 Å². The first-order chi connectivity index (χ1) is 11.3. The number of ketones is 1. The molecular weight excluding hydrogens is 405 g/mol. The Bertz CT molecular complexity index is 1020. The number of nitro groups is 1. The van der Waals surface area contributed by atoms with Gasteiger partial charge in [-0.1, -0.05) is 11.6 Å². The zero-order valence-electron chi connectivity index (χ0n) is 12.1. The van der Waals surface area contributed by atoms with E-state index in [2.05, 4.69) is 25.9 Å². The van der Waals surface area contributed by atoms with E-state index in [1.807, 2.05) is 0 Å². The molecule has 0 spiro atoms. The van der Waals surface area contributed by atoms with Gasteiger partial charge in [0, 0.05) is 11.6 Å². The van der Waals surface area contributed by atoms with Crippen LogP contribution in [0.4, 0.5) is 10.1 Å². The number of carbonyl (C=O) groups excluding carboxylic acids is 1. The van der Waals surface area contributed by atoms with Gasteiger partial charge < -0.3 is 4.98 Å². The Morgan fingerprint density at radius 2 is 2.12 bits per heavy atom. The first kappa shape index (κ1) is 16.5. The lowest BCUT2D eigenvalue weighted by atomic mass is 10.0. The average Bonchev–Trinajstić information content (AvgIpc) is 2.89. The predicted molar refractivity (Wildman–Crippen MR) is 90.0 cm³/mol. The van der Waals surface area contributed by atoms with E-state index in [4.69, 9.17) is 11.6 Å². The molecule has 0 unspecified atom stereocenters. The molecule has 3 aromatic rings. The fraction of sp³-hybridized carbons (Fsp3) is 0.0667. The van der Waals surface area contributed by atoms with E-state index in [-0.39, 0.29) is 20.6 Å². The second-order valence-electron chi connectivity index (χ2n) is 5.01. The minimum Gasteiger partial charge on any atom is -0.342 e. The highest BCUT2D eigenvalue weighted by atomic mass is 79.9. The summed E-state index contributed by atoms with van der Waals surface area (Å²) >= 11 is 9.16. The third-order valence-corrected chi connectivity index (χ3v) is 4.51. The molecule has 122 valence electrons. The Labute approximate surface area is 147 Å². The SMILES string of the molecule is Cc1nc2c(Br)c(C(=O)c3cc(F)ccc3Cl)c([N+](=O)[O-])cc2[nH]1. The van der Waals surface area contributed by atoms with Gasteiger partial charge in [-0.15, -0.1) is 0 Å². The van der Waals surface area contributed by atoms with Gasteiger partial charge in [0.15, 0.2) is 0 Å². The van der Waals surface area contributed by atoms with Gasteiger partial charge in [0.05, 0.1) is 19.9 Å². The Kier molecular flexibility index (Phi) is 4.10. The van der Waals surface area contributed by atoms with Crippen molar-refractivity contribution in [1.29, 1.82) is 0 Å². The number of hydrogen-bond acceptors (Lipinski definition) is 4. The zero-order chi connectivity index (χ0) is 17.6. The smallest absolute Gasteiger partial charge is 0.283 e. The van der Waals surface area contributed by atoms with Gasteiger partial charge in [-0.3, -0.25) is 14.9 Å². The van der Waals surface area contributed by atoms with Crippen molar-refractivity contribution < 1.29 is 14.1 Å². The molecule has 0 radical (unpaired) electrons. The van der Waals surface area contributed by atoms with E-state index in [1.54, 1.807) is 6.92 Å². The number of rotatable bonds is 3. The molecular formula is C15H8BrClFN3O3. The van der Waals surface area contributed by atoms with Crippen LogP contribution < -0.4 is 0 Å². The van der Waals surface area contributed by atoms with Crippen LogP contribution >= 0.6 is 27.5 Å². The number of fused-ring (bicyclic) bond motifs is 1. The summed E-state index contributed by atoms with van der Waals surface area (Å²) in [5, 5.41) is 11.4. The van der Waals surface area contributed by atoms with E-state index in [0.29, 0.717) is 16.9 Å². The lowest BCUT2D eigenvalue weighted by Crippen LogP contribution is -2.08. The summed E-state index contributed by atoms with van der Waals surface area (Å²) in [4.78, 5) is 30.6. The number of hydrogen-bond donors (Lipinski definition) is 1. The fourth-order valence-corrected chi connectivity index (χ4v) is 3.28. The number of nitrogens with one attached hydrogen (secondary N) is 1. The first-order valence-corrected chi connectivity index (χ1v) is 7.79. The minimum atomic E-state index is -0.763. The van der Waals surface area contributed by atoms with Crippen LogP contribution in [0.2, 0.25) is 5.02 Å². The number of nitro benzene ring substituents is 1. The molecule has 24 heavy (non-hydrogen) atoms. The highest BCUT2D eigenvalue weighted by Crippen LogP contribution is 2.36. The summed E-state index contributed by atoms with van der Waals surface area (Å²) in [5.41, 5.74) is -0.0381. The van der Waals surface area contributed by atoms with Crippen LogP contribution in [0.25, 0.3) is 11.0 Å². The van der Waals surface area contributed by atoms with Crippen molar-refractivity contribution in [2.24, 2.45) is 0 Å². The molecule has 2 aromatic carbocycles. The van der Waals surface area contributed by atoms with Gasteiger partial charge in [0.25, 0.3) is 5.69 Å². The van der Waals surface area contributed by atoms with Crippen LogP contribution in [0.15, 0.2) is 28.7 Å². The highest BCUT2D eigenvalue weighted by molar-refractivity contribution is 9.10. The molecule has 0 saturated heterocycles. The lowest BCUT2D eigenvalue weighted by Gasteiger charge is -2.07. The number of benzene rings is 2. The summed E-state index contributed by atoms with van der Waals surface area (Å²) in [6.07, 6.45) is 0. The number of aromatic amines is 1. The summed E-state index contributed by atoms with van der Waals surface area (Å²) in [6.45, 7) is 1.68. The van der Waals surface area contributed by atoms with Crippen LogP contribution in [0.5, 0.6) is 0 Å². The quantitative estimate of drug-likeness (QED) is 0.388. The molecule has 9 heteroatoms. The molecule has 0 atom stereocenters. The van der Waals surface area contributed by atoms with Crippen molar-refractivity contribution in [1.82, 2.24) is 9.97 Å². The summed E-state index contributed by atoms with van der Waals surface area (Å²) in [6, 6.07) is 4.49. The summed E-state index contributed by atoms with van der Waals surface area (Å²) < 4.78 is 13.6. The number of aromatic nitrogens is 2. The molecule has 0 aliphatic heterocycles. The van der Waals surface area contributed by atoms with E-state index < -0.39 is 22.2 Å². The second-order valence-corrected chi connectivity index (χ2v) is 6.21. The number of halogens is 3. The molecule has 3 rings (SSSR count). The zero-order valence-corrected chi connectivity index (χ0v) is 14.4. The lowest BCUT2D eigenvalue weighted by molar-refractivity contribution is -0.385. The predicted octanol–water partition coefficient (Wildman–Crippen LogP) is 4.57. The highest BCUT2D eigenvalue weighted by Gasteiger charge is 2.29. The van der Waals surface area contributed by atoms with Gasteiger partial charge in [-0.2, -0.15) is 0 Å². The van der Waals surface area contributed by atoms with E-state index in [1.165, 1.54) is 12.1 Å².